The van der Waals surface area contributed by atoms with Crippen molar-refractivity contribution in [3.63, 3.8) is 0 Å². The van der Waals surface area contributed by atoms with Crippen molar-refractivity contribution in [3.05, 3.63) is 54.1 Å². The topological polar surface area (TPSA) is 29.5 Å². The predicted octanol–water partition coefficient (Wildman–Crippen LogP) is 2.58. The summed E-state index contributed by atoms with van der Waals surface area (Å²) < 4.78 is 31.8. The number of hydrogen-bond acceptors (Lipinski definition) is 2. The fourth-order valence-corrected chi connectivity index (χ4v) is 1.52. The Morgan fingerprint density at radius 1 is 1.11 bits per heavy atom. The van der Waals surface area contributed by atoms with Crippen LogP contribution >= 0.6 is 0 Å². The van der Waals surface area contributed by atoms with E-state index in [4.69, 9.17) is 4.74 Å². The summed E-state index contributed by atoms with van der Waals surface area (Å²) in [6.07, 6.45) is 0. The summed E-state index contributed by atoms with van der Waals surface area (Å²) >= 11 is 0. The summed E-state index contributed by atoms with van der Waals surface area (Å²) in [7, 11) is 0. The summed E-state index contributed by atoms with van der Waals surface area (Å²) in [4.78, 5) is 0. The third kappa shape index (κ3) is 2.87. The van der Waals surface area contributed by atoms with E-state index >= 15 is 0 Å². The molecule has 5 heteroatoms. The maximum Gasteiger partial charge on any atom is 0.320 e. The summed E-state index contributed by atoms with van der Waals surface area (Å²) in [6, 6.07) is 9.61. The number of ether oxygens (including phenoxy) is 1. The molecule has 18 heavy (non-hydrogen) atoms. The summed E-state index contributed by atoms with van der Waals surface area (Å²) in [5, 5.41) is 9.31. The highest BCUT2D eigenvalue weighted by atomic mass is 19.1. The second kappa shape index (κ2) is 5.18. The second-order valence-electron chi connectivity index (χ2n) is 3.93. The third-order valence-corrected chi connectivity index (χ3v) is 2.46. The fraction of sp³-hybridized carbons (Fsp3) is 0.0769. The number of benzene rings is 2. The van der Waals surface area contributed by atoms with Gasteiger partial charge in [0.2, 0.25) is 0 Å². The largest absolute Gasteiger partial charge is 0.454 e. The van der Waals surface area contributed by atoms with Crippen molar-refractivity contribution >= 4 is 12.4 Å². The zero-order valence-corrected chi connectivity index (χ0v) is 9.73. The molecule has 2 aromatic rings. The van der Waals surface area contributed by atoms with Gasteiger partial charge in [0.25, 0.3) is 0 Å². The van der Waals surface area contributed by atoms with E-state index in [0.29, 0.717) is 5.46 Å². The van der Waals surface area contributed by atoms with E-state index in [9.17, 15) is 13.8 Å². The van der Waals surface area contributed by atoms with Gasteiger partial charge in [-0.25, -0.2) is 8.78 Å². The highest BCUT2D eigenvalue weighted by Gasteiger charge is 2.11. The molecule has 2 aromatic carbocycles. The van der Waals surface area contributed by atoms with E-state index < -0.39 is 18.6 Å². The Morgan fingerprint density at radius 3 is 2.50 bits per heavy atom. The Balaban J connectivity index is 2.24. The van der Waals surface area contributed by atoms with E-state index in [1.165, 1.54) is 36.4 Å². The van der Waals surface area contributed by atoms with Crippen molar-refractivity contribution in [2.75, 3.05) is 0 Å². The van der Waals surface area contributed by atoms with Gasteiger partial charge in [-0.05, 0) is 29.7 Å². The molecule has 92 valence electrons. The minimum atomic E-state index is -0.747. The van der Waals surface area contributed by atoms with Crippen LogP contribution in [0.4, 0.5) is 8.78 Å². The molecule has 0 bridgehead atoms. The number of halogens is 2. The van der Waals surface area contributed by atoms with Crippen molar-refractivity contribution in [1.29, 1.82) is 0 Å². The Morgan fingerprint density at radius 2 is 1.89 bits per heavy atom. The molecule has 0 atom stereocenters. The molecule has 0 spiro atoms. The van der Waals surface area contributed by atoms with Crippen LogP contribution in [0.25, 0.3) is 0 Å². The molecule has 0 aromatic heterocycles. The second-order valence-corrected chi connectivity index (χ2v) is 3.93. The quantitative estimate of drug-likeness (QED) is 0.846. The maximum absolute atomic E-state index is 13.7. The van der Waals surface area contributed by atoms with Gasteiger partial charge in [0.05, 0.1) is 0 Å². The molecule has 0 aliphatic carbocycles. The molecule has 0 unspecified atom stereocenters. The molecular formula is C13H11BF2O2. The first-order valence-corrected chi connectivity index (χ1v) is 5.47. The normalized spacial score (nSPS) is 10.2. The Kier molecular flexibility index (Phi) is 3.62. The summed E-state index contributed by atoms with van der Waals surface area (Å²) in [6.45, 7) is 0.796. The molecule has 0 aliphatic rings. The van der Waals surface area contributed by atoms with Crippen LogP contribution in [-0.4, -0.2) is 11.9 Å². The van der Waals surface area contributed by atoms with Gasteiger partial charge >= 0.3 is 6.92 Å². The van der Waals surface area contributed by atoms with Crippen LogP contribution in [0.5, 0.6) is 11.5 Å². The molecule has 0 aliphatic heterocycles. The molecule has 0 saturated carbocycles. The van der Waals surface area contributed by atoms with E-state index in [-0.39, 0.29) is 11.5 Å². The van der Waals surface area contributed by atoms with Crippen molar-refractivity contribution < 1.29 is 18.5 Å². The monoisotopic (exact) mass is 248 g/mol. The van der Waals surface area contributed by atoms with Crippen molar-refractivity contribution in [1.82, 2.24) is 0 Å². The van der Waals surface area contributed by atoms with Gasteiger partial charge in [-0.1, -0.05) is 19.0 Å². The van der Waals surface area contributed by atoms with Crippen LogP contribution in [0.2, 0.25) is 6.82 Å². The SMILES string of the molecule is CB(O)c1ccc(Oc2cccc(F)c2)c(F)c1. The Hall–Kier alpha value is -1.88. The fourth-order valence-electron chi connectivity index (χ4n) is 1.52. The zero-order chi connectivity index (χ0) is 13.1. The molecule has 1 N–H and O–H groups in total. The van der Waals surface area contributed by atoms with Crippen molar-refractivity contribution in [2.45, 2.75) is 6.82 Å². The zero-order valence-electron chi connectivity index (χ0n) is 9.73. The molecular weight excluding hydrogens is 237 g/mol. The highest BCUT2D eigenvalue weighted by Crippen LogP contribution is 2.23. The van der Waals surface area contributed by atoms with Gasteiger partial charge in [-0.3, -0.25) is 0 Å². The lowest BCUT2D eigenvalue weighted by Crippen LogP contribution is -2.26. The third-order valence-electron chi connectivity index (χ3n) is 2.46. The summed E-state index contributed by atoms with van der Waals surface area (Å²) in [5.41, 5.74) is 0.457. The van der Waals surface area contributed by atoms with Crippen LogP contribution in [0.3, 0.4) is 0 Å². The van der Waals surface area contributed by atoms with Gasteiger partial charge in [-0.2, -0.15) is 0 Å². The van der Waals surface area contributed by atoms with Crippen LogP contribution in [-0.2, 0) is 0 Å². The standard InChI is InChI=1S/C13H11BF2O2/c1-14(17)9-5-6-13(12(16)7-9)18-11-4-2-3-10(15)8-11/h2-8,17H,1H3. The lowest BCUT2D eigenvalue weighted by molar-refractivity contribution is 0.439. The van der Waals surface area contributed by atoms with Crippen LogP contribution in [0.1, 0.15) is 0 Å². The van der Waals surface area contributed by atoms with Gasteiger partial charge in [-0.15, -0.1) is 0 Å². The van der Waals surface area contributed by atoms with E-state index in [2.05, 4.69) is 0 Å². The molecule has 0 amide bonds. The van der Waals surface area contributed by atoms with Crippen molar-refractivity contribution in [3.8, 4) is 11.5 Å². The van der Waals surface area contributed by atoms with E-state index in [1.54, 1.807) is 12.9 Å². The molecule has 0 radical (unpaired) electrons. The maximum atomic E-state index is 13.7. The molecule has 0 saturated heterocycles. The first-order valence-electron chi connectivity index (χ1n) is 5.47. The van der Waals surface area contributed by atoms with Gasteiger partial charge in [0, 0.05) is 6.07 Å². The highest BCUT2D eigenvalue weighted by molar-refractivity contribution is 6.64. The Bertz CT molecular complexity index is 558. The lowest BCUT2D eigenvalue weighted by Gasteiger charge is -2.08. The molecule has 2 nitrogen and oxygen atoms in total. The van der Waals surface area contributed by atoms with Gasteiger partial charge in [0.1, 0.15) is 11.6 Å². The Labute approximate surface area is 104 Å². The molecule has 2 rings (SSSR count). The average Bonchev–Trinajstić information content (AvgIpc) is 2.31. The summed E-state index contributed by atoms with van der Waals surface area (Å²) in [5.74, 6) is -0.838. The van der Waals surface area contributed by atoms with Crippen LogP contribution in [0.15, 0.2) is 42.5 Å². The molecule has 0 fully saturated rings. The first kappa shape index (κ1) is 12.6. The number of hydrogen-bond donors (Lipinski definition) is 1. The van der Waals surface area contributed by atoms with Crippen LogP contribution < -0.4 is 10.2 Å². The average molecular weight is 248 g/mol. The van der Waals surface area contributed by atoms with Crippen LogP contribution in [0, 0.1) is 11.6 Å². The number of rotatable bonds is 3. The minimum Gasteiger partial charge on any atom is -0.454 e. The molecule has 0 heterocycles. The van der Waals surface area contributed by atoms with E-state index in [1.807, 2.05) is 0 Å². The predicted molar refractivity (Wildman–Crippen MR) is 66.3 cm³/mol. The van der Waals surface area contributed by atoms with Crippen molar-refractivity contribution in [2.24, 2.45) is 0 Å². The van der Waals surface area contributed by atoms with E-state index in [0.717, 1.165) is 0 Å². The smallest absolute Gasteiger partial charge is 0.320 e. The minimum absolute atomic E-state index is 0.00926. The first-order chi connectivity index (χ1) is 8.56. The lowest BCUT2D eigenvalue weighted by atomic mass is 9.64. The van der Waals surface area contributed by atoms with Gasteiger partial charge < -0.3 is 9.76 Å². The van der Waals surface area contributed by atoms with Gasteiger partial charge in [0.15, 0.2) is 11.6 Å².